The van der Waals surface area contributed by atoms with Gasteiger partial charge in [-0.2, -0.15) is 0 Å². The molecule has 0 heterocycles. The fourth-order valence-electron chi connectivity index (χ4n) is 12.6. The Kier molecular flexibility index (Phi) is 8.94. The van der Waals surface area contributed by atoms with E-state index in [2.05, 4.69) is 196 Å². The molecule has 3 heteroatoms. The summed E-state index contributed by atoms with van der Waals surface area (Å²) in [5, 5.41) is 22.9. The van der Waals surface area contributed by atoms with Crippen LogP contribution in [-0.4, -0.2) is 0 Å². The van der Waals surface area contributed by atoms with Crippen LogP contribution >= 0.6 is 0 Å². The van der Waals surface area contributed by atoms with E-state index in [0.717, 1.165) is 22.4 Å². The lowest BCUT2D eigenvalue weighted by Crippen LogP contribution is -2.10. The number of benzene rings is 12. The van der Waals surface area contributed by atoms with Crippen molar-refractivity contribution < 1.29 is 0 Å². The summed E-state index contributed by atoms with van der Waals surface area (Å²) in [6.45, 7) is 29.2. The van der Waals surface area contributed by atoms with Crippen molar-refractivity contribution in [1.82, 2.24) is 0 Å². The molecule has 0 saturated carbocycles. The van der Waals surface area contributed by atoms with Crippen LogP contribution in [0.15, 0.2) is 188 Å². The molecule has 0 aliphatic carbocycles. The third-order valence-corrected chi connectivity index (χ3v) is 16.0. The second-order valence-corrected chi connectivity index (χ2v) is 22.1. The van der Waals surface area contributed by atoms with Crippen molar-refractivity contribution in [3.63, 3.8) is 0 Å². The van der Waals surface area contributed by atoms with Gasteiger partial charge >= 0.3 is 0 Å². The highest BCUT2D eigenvalue weighted by Crippen LogP contribution is 2.58. The SMILES string of the molecule is [C-]#[N+]c1ccc(N(c2ccc([N+]#[C-])cc2)c2ccc3c4c(-c5ccc(C(C)(C)C)cc5)c5c6ccc7c8cccc9cccc(c%10ccc(c5c(-c5ccc(C(C)(C)C)cc5)c4c4cccc2c43)c6c%107)c98)cc1. The molecule has 0 aromatic heterocycles. The zero-order chi connectivity index (χ0) is 49.7. The molecule has 73 heavy (non-hydrogen) atoms. The van der Waals surface area contributed by atoms with Crippen molar-refractivity contribution >= 4 is 125 Å². The van der Waals surface area contributed by atoms with Crippen molar-refractivity contribution in [2.75, 3.05) is 4.90 Å². The molecular weight excluding hydrogens is 883 g/mol. The molecule has 344 valence electrons. The molecule has 14 aromatic rings. The smallest absolute Gasteiger partial charge is 0.187 e. The fraction of sp³-hybridized carbons (Fsp3) is 0.114. The minimum atomic E-state index is -0.0102. The van der Waals surface area contributed by atoms with Crippen molar-refractivity contribution in [2.45, 2.75) is 52.4 Å². The maximum atomic E-state index is 7.74. The zero-order valence-electron chi connectivity index (χ0n) is 41.7. The van der Waals surface area contributed by atoms with Crippen LogP contribution < -0.4 is 4.90 Å². The van der Waals surface area contributed by atoms with Crippen LogP contribution in [0.4, 0.5) is 28.4 Å². The summed E-state index contributed by atoms with van der Waals surface area (Å²) >= 11 is 0. The summed E-state index contributed by atoms with van der Waals surface area (Å²) in [5.74, 6) is 0. The van der Waals surface area contributed by atoms with Crippen LogP contribution in [0.5, 0.6) is 0 Å². The van der Waals surface area contributed by atoms with Gasteiger partial charge in [-0.25, -0.2) is 9.69 Å². The summed E-state index contributed by atoms with van der Waals surface area (Å²) in [6, 6.07) is 69.4. The molecule has 0 bridgehead atoms. The normalized spacial score (nSPS) is 12.5. The van der Waals surface area contributed by atoms with Crippen LogP contribution in [0.1, 0.15) is 52.7 Å². The van der Waals surface area contributed by atoms with E-state index in [4.69, 9.17) is 13.1 Å². The third kappa shape index (κ3) is 6.10. The zero-order valence-corrected chi connectivity index (χ0v) is 41.7. The number of fused-ring (bicyclic) bond motifs is 8. The van der Waals surface area contributed by atoms with E-state index in [1.807, 2.05) is 48.5 Å². The van der Waals surface area contributed by atoms with Gasteiger partial charge in [0, 0.05) is 16.8 Å². The Morgan fingerprint density at radius 2 is 0.671 bits per heavy atom. The Morgan fingerprint density at radius 3 is 1.12 bits per heavy atom. The lowest BCUT2D eigenvalue weighted by atomic mass is 9.83. The van der Waals surface area contributed by atoms with Gasteiger partial charge in [0.25, 0.3) is 0 Å². The highest BCUT2D eigenvalue weighted by atomic mass is 15.1. The summed E-state index contributed by atoms with van der Waals surface area (Å²) in [5.41, 5.74) is 11.6. The number of hydrogen-bond acceptors (Lipinski definition) is 1. The number of nitrogens with zero attached hydrogens (tertiary/aromatic N) is 3. The molecular formula is C70H49N3. The first kappa shape index (κ1) is 42.8. The van der Waals surface area contributed by atoms with Crippen LogP contribution in [0.2, 0.25) is 0 Å². The Labute approximate surface area is 424 Å². The first-order chi connectivity index (χ1) is 35.4. The quantitative estimate of drug-likeness (QED) is 0.0951. The standard InChI is InChI=1S/C70H49N3/c1-69(2,3)43-22-18-41(19-23-43)60-65-54-17-11-16-53-58(73(47-30-26-45(71-7)27-31-47)48-32-28-46(72-8)29-33-48)39-38-55(62(53)54)66(65)61(42-20-24-44(25-21-42)70(4,5)6)68-57-37-35-52-50-15-10-13-40-12-9-14-49(59(40)50)51-34-36-56(67(60)68)64(57)63(51)52/h9-39H,1-6H3. The molecule has 3 nitrogen and oxygen atoms in total. The molecule has 0 fully saturated rings. The largest absolute Gasteiger partial charge is 0.310 e. The van der Waals surface area contributed by atoms with Gasteiger partial charge in [0.2, 0.25) is 0 Å². The van der Waals surface area contributed by atoms with E-state index in [0.29, 0.717) is 11.4 Å². The van der Waals surface area contributed by atoms with E-state index in [1.165, 1.54) is 125 Å². The third-order valence-electron chi connectivity index (χ3n) is 16.0. The second kappa shape index (κ2) is 15.2. The monoisotopic (exact) mass is 931 g/mol. The molecule has 0 unspecified atom stereocenters. The number of rotatable bonds is 5. The Bertz CT molecular complexity index is 4400. The topological polar surface area (TPSA) is 12.0 Å². The highest BCUT2D eigenvalue weighted by Gasteiger charge is 2.30. The molecule has 0 spiro atoms. The minimum Gasteiger partial charge on any atom is -0.310 e. The minimum absolute atomic E-state index is 0.0102. The molecule has 14 rings (SSSR count). The van der Waals surface area contributed by atoms with Crippen LogP contribution in [0.3, 0.4) is 0 Å². The van der Waals surface area contributed by atoms with Gasteiger partial charge in [-0.3, -0.25) is 0 Å². The lowest BCUT2D eigenvalue weighted by Gasteiger charge is -2.27. The van der Waals surface area contributed by atoms with E-state index in [9.17, 15) is 0 Å². The van der Waals surface area contributed by atoms with Crippen LogP contribution in [-0.2, 0) is 10.8 Å². The van der Waals surface area contributed by atoms with Gasteiger partial charge in [-0.15, -0.1) is 0 Å². The molecule has 0 amide bonds. The van der Waals surface area contributed by atoms with Crippen molar-refractivity contribution in [2.24, 2.45) is 0 Å². The fourth-order valence-corrected chi connectivity index (χ4v) is 12.6. The van der Waals surface area contributed by atoms with Gasteiger partial charge in [0.05, 0.1) is 18.8 Å². The summed E-state index contributed by atoms with van der Waals surface area (Å²) in [4.78, 5) is 9.73. The van der Waals surface area contributed by atoms with E-state index in [1.54, 1.807) is 0 Å². The maximum Gasteiger partial charge on any atom is 0.187 e. The summed E-state index contributed by atoms with van der Waals surface area (Å²) in [6.07, 6.45) is 0. The lowest BCUT2D eigenvalue weighted by molar-refractivity contribution is 0.590. The van der Waals surface area contributed by atoms with E-state index in [-0.39, 0.29) is 10.8 Å². The van der Waals surface area contributed by atoms with Gasteiger partial charge < -0.3 is 4.90 Å². The van der Waals surface area contributed by atoms with E-state index >= 15 is 0 Å². The predicted octanol–water partition coefficient (Wildman–Crippen LogP) is 20.9. The van der Waals surface area contributed by atoms with Gasteiger partial charge in [0.1, 0.15) is 0 Å². The predicted molar refractivity (Wildman–Crippen MR) is 313 cm³/mol. The van der Waals surface area contributed by atoms with E-state index < -0.39 is 0 Å². The highest BCUT2D eigenvalue weighted by molar-refractivity contribution is 6.49. The summed E-state index contributed by atoms with van der Waals surface area (Å²) < 4.78 is 0. The molecule has 0 saturated heterocycles. The summed E-state index contributed by atoms with van der Waals surface area (Å²) in [7, 11) is 0. The van der Waals surface area contributed by atoms with Crippen molar-refractivity contribution in [1.29, 1.82) is 0 Å². The Hall–Kier alpha value is -9.02. The Balaban J connectivity index is 1.19. The molecule has 0 aliphatic rings. The van der Waals surface area contributed by atoms with Gasteiger partial charge in [-0.1, -0.05) is 199 Å². The first-order valence-corrected chi connectivity index (χ1v) is 25.3. The molecule has 0 N–H and O–H groups in total. The van der Waals surface area contributed by atoms with Gasteiger partial charge in [-0.05, 0) is 166 Å². The average Bonchev–Trinajstić information content (AvgIpc) is 3.94. The molecule has 0 radical (unpaired) electrons. The van der Waals surface area contributed by atoms with Crippen molar-refractivity contribution in [3.8, 4) is 22.3 Å². The molecule has 0 atom stereocenters. The Morgan fingerprint density at radius 1 is 0.315 bits per heavy atom. The first-order valence-electron chi connectivity index (χ1n) is 25.3. The van der Waals surface area contributed by atoms with Crippen molar-refractivity contribution in [3.05, 3.63) is 222 Å². The van der Waals surface area contributed by atoms with Crippen LogP contribution in [0.25, 0.3) is 129 Å². The number of hydrogen-bond donors (Lipinski definition) is 0. The molecule has 0 aliphatic heterocycles. The number of anilines is 3. The van der Waals surface area contributed by atoms with Gasteiger partial charge in [0.15, 0.2) is 11.4 Å². The molecule has 14 aromatic carbocycles. The second-order valence-electron chi connectivity index (χ2n) is 22.1. The maximum absolute atomic E-state index is 7.74. The van der Waals surface area contributed by atoms with Crippen LogP contribution in [0, 0.1) is 13.1 Å². The average molecular weight is 932 g/mol.